The number of aromatic hydroxyl groups is 4. The Morgan fingerprint density at radius 3 is 2.48 bits per heavy atom. The van der Waals surface area contributed by atoms with Crippen molar-refractivity contribution in [3.05, 3.63) is 45.4 Å². The average Bonchev–Trinajstić information content (AvgIpc) is 2.49. The molecule has 3 rings (SSSR count). The van der Waals surface area contributed by atoms with Gasteiger partial charge in [0, 0.05) is 6.04 Å². The van der Waals surface area contributed by atoms with Crippen molar-refractivity contribution in [3.63, 3.8) is 0 Å². The molecule has 0 aromatic heterocycles. The van der Waals surface area contributed by atoms with Crippen LogP contribution >= 0.6 is 32.9 Å². The fourth-order valence-electron chi connectivity index (χ4n) is 2.86. The predicted molar refractivity (Wildman–Crippen MR) is 95.7 cm³/mol. The molecule has 1 aliphatic rings. The first kappa shape index (κ1) is 17.9. The molecular weight excluding hydrogens is 430 g/mol. The van der Waals surface area contributed by atoms with Gasteiger partial charge in [-0.1, -0.05) is 6.07 Å². The van der Waals surface area contributed by atoms with E-state index >= 15 is 0 Å². The zero-order valence-electron chi connectivity index (χ0n) is 12.1. The van der Waals surface area contributed by atoms with E-state index in [4.69, 9.17) is 0 Å². The van der Waals surface area contributed by atoms with E-state index in [0.29, 0.717) is 10.9 Å². The molecule has 0 saturated heterocycles. The molecule has 1 heterocycles. The van der Waals surface area contributed by atoms with E-state index in [1.54, 1.807) is 12.1 Å². The van der Waals surface area contributed by atoms with Crippen LogP contribution in [0.3, 0.4) is 0 Å². The smallest absolute Gasteiger partial charge is 0.172 e. The van der Waals surface area contributed by atoms with Gasteiger partial charge in [0.05, 0.1) is 4.47 Å². The van der Waals surface area contributed by atoms with Crippen molar-refractivity contribution in [3.8, 4) is 23.0 Å². The molecule has 2 aromatic carbocycles. The molecule has 1 unspecified atom stereocenters. The van der Waals surface area contributed by atoms with E-state index < -0.39 is 0 Å². The van der Waals surface area contributed by atoms with Crippen LogP contribution in [0.2, 0.25) is 0 Å². The minimum Gasteiger partial charge on any atom is -0.504 e. The summed E-state index contributed by atoms with van der Waals surface area (Å²) in [5, 5.41) is 42.0. The number of rotatable bonds is 2. The molecule has 124 valence electrons. The largest absolute Gasteiger partial charge is 0.504 e. The molecule has 0 spiro atoms. The van der Waals surface area contributed by atoms with Gasteiger partial charge >= 0.3 is 0 Å². The fourth-order valence-corrected chi connectivity index (χ4v) is 3.60. The molecule has 5 nitrogen and oxygen atoms in total. The Hall–Kier alpha value is -1.44. The Morgan fingerprint density at radius 2 is 1.78 bits per heavy atom. The number of phenols is 4. The maximum Gasteiger partial charge on any atom is 0.172 e. The van der Waals surface area contributed by atoms with Crippen LogP contribution < -0.4 is 5.32 Å². The van der Waals surface area contributed by atoms with Crippen molar-refractivity contribution < 1.29 is 20.4 Å². The third-order valence-corrected chi connectivity index (χ3v) is 4.76. The molecule has 7 heteroatoms. The SMILES string of the molecule is Br.Oc1ccc(CC2NCCc3cc(O)c(O)c(Br)c32)cc1O. The third kappa shape index (κ3) is 3.41. The summed E-state index contributed by atoms with van der Waals surface area (Å²) >= 11 is 3.36. The average molecular weight is 447 g/mol. The van der Waals surface area contributed by atoms with E-state index in [1.807, 2.05) is 0 Å². The van der Waals surface area contributed by atoms with Crippen LogP contribution in [0, 0.1) is 0 Å². The minimum absolute atomic E-state index is 0. The standard InChI is InChI=1S/C16H16BrNO4.BrH/c17-15-14-9(7-13(21)16(15)22)3-4-18-10(14)5-8-1-2-11(19)12(20)6-8;/h1-2,6-7,10,18-22H,3-5H2;1H. The van der Waals surface area contributed by atoms with Crippen LogP contribution in [0.25, 0.3) is 0 Å². The Kier molecular flexibility index (Phi) is 5.44. The van der Waals surface area contributed by atoms with Crippen molar-refractivity contribution in [2.45, 2.75) is 18.9 Å². The highest BCUT2D eigenvalue weighted by Gasteiger charge is 2.26. The van der Waals surface area contributed by atoms with Gasteiger partial charge in [-0.2, -0.15) is 0 Å². The summed E-state index contributed by atoms with van der Waals surface area (Å²) in [7, 11) is 0. The first-order chi connectivity index (χ1) is 10.5. The van der Waals surface area contributed by atoms with Crippen LogP contribution in [0.15, 0.2) is 28.7 Å². The Balaban J connectivity index is 0.00000192. The number of nitrogens with one attached hydrogen (secondary N) is 1. The van der Waals surface area contributed by atoms with Gasteiger partial charge in [0.25, 0.3) is 0 Å². The molecule has 0 bridgehead atoms. The molecule has 0 radical (unpaired) electrons. The summed E-state index contributed by atoms with van der Waals surface area (Å²) in [5.74, 6) is -0.597. The van der Waals surface area contributed by atoms with Gasteiger partial charge in [-0.05, 0) is 70.2 Å². The van der Waals surface area contributed by atoms with Crippen molar-refractivity contribution in [2.24, 2.45) is 0 Å². The minimum atomic E-state index is -0.166. The van der Waals surface area contributed by atoms with Crippen molar-refractivity contribution in [1.29, 1.82) is 0 Å². The summed E-state index contributed by atoms with van der Waals surface area (Å²) in [5.41, 5.74) is 2.75. The van der Waals surface area contributed by atoms with Crippen molar-refractivity contribution in [1.82, 2.24) is 5.32 Å². The summed E-state index contributed by atoms with van der Waals surface area (Å²) in [6.45, 7) is 0.762. The van der Waals surface area contributed by atoms with Crippen LogP contribution in [0.5, 0.6) is 23.0 Å². The first-order valence-corrected chi connectivity index (χ1v) is 7.74. The highest BCUT2D eigenvalue weighted by Crippen LogP contribution is 2.43. The van der Waals surface area contributed by atoms with E-state index in [0.717, 1.165) is 29.7 Å². The molecule has 0 fully saturated rings. The molecule has 2 aromatic rings. The van der Waals surface area contributed by atoms with E-state index in [2.05, 4.69) is 21.2 Å². The lowest BCUT2D eigenvalue weighted by molar-refractivity contribution is 0.394. The molecule has 0 saturated carbocycles. The van der Waals surface area contributed by atoms with Crippen LogP contribution in [-0.2, 0) is 12.8 Å². The normalized spacial score (nSPS) is 16.5. The maximum absolute atomic E-state index is 9.93. The summed E-state index contributed by atoms with van der Waals surface area (Å²) in [4.78, 5) is 0. The van der Waals surface area contributed by atoms with Gasteiger partial charge in [-0.15, -0.1) is 17.0 Å². The summed E-state index contributed by atoms with van der Waals surface area (Å²) in [6, 6.07) is 6.27. The number of hydrogen-bond acceptors (Lipinski definition) is 5. The lowest BCUT2D eigenvalue weighted by atomic mass is 9.89. The van der Waals surface area contributed by atoms with Gasteiger partial charge in [-0.3, -0.25) is 0 Å². The number of phenolic OH excluding ortho intramolecular Hbond substituents is 4. The van der Waals surface area contributed by atoms with Gasteiger partial charge in [0.1, 0.15) is 0 Å². The van der Waals surface area contributed by atoms with Crippen LogP contribution in [-0.4, -0.2) is 27.0 Å². The van der Waals surface area contributed by atoms with E-state index in [9.17, 15) is 20.4 Å². The highest BCUT2D eigenvalue weighted by molar-refractivity contribution is 9.10. The molecule has 5 N–H and O–H groups in total. The van der Waals surface area contributed by atoms with Gasteiger partial charge in [0.15, 0.2) is 23.0 Å². The summed E-state index contributed by atoms with van der Waals surface area (Å²) in [6.07, 6.45) is 1.35. The third-order valence-electron chi connectivity index (χ3n) is 3.96. The molecular formula is C16H17Br2NO4. The predicted octanol–water partition coefficient (Wildman–Crippen LogP) is 3.28. The second kappa shape index (κ2) is 6.98. The maximum atomic E-state index is 9.93. The van der Waals surface area contributed by atoms with E-state index in [1.165, 1.54) is 12.1 Å². The lowest BCUT2D eigenvalue weighted by Gasteiger charge is -2.29. The molecule has 0 aliphatic carbocycles. The van der Waals surface area contributed by atoms with Crippen molar-refractivity contribution in [2.75, 3.05) is 6.54 Å². The Bertz CT molecular complexity index is 737. The Labute approximate surface area is 152 Å². The number of fused-ring (bicyclic) bond motifs is 1. The van der Waals surface area contributed by atoms with Gasteiger partial charge in [-0.25, -0.2) is 0 Å². The van der Waals surface area contributed by atoms with Crippen molar-refractivity contribution >= 4 is 32.9 Å². The topological polar surface area (TPSA) is 93.0 Å². The quantitative estimate of drug-likeness (QED) is 0.456. The zero-order chi connectivity index (χ0) is 15.9. The molecule has 23 heavy (non-hydrogen) atoms. The molecule has 1 atom stereocenters. The van der Waals surface area contributed by atoms with Gasteiger partial charge in [0.2, 0.25) is 0 Å². The monoisotopic (exact) mass is 445 g/mol. The summed E-state index contributed by atoms with van der Waals surface area (Å²) < 4.78 is 0.489. The lowest BCUT2D eigenvalue weighted by Crippen LogP contribution is -2.31. The van der Waals surface area contributed by atoms with Gasteiger partial charge < -0.3 is 25.7 Å². The highest BCUT2D eigenvalue weighted by atomic mass is 79.9. The molecule has 1 aliphatic heterocycles. The fraction of sp³-hybridized carbons (Fsp3) is 0.250. The first-order valence-electron chi connectivity index (χ1n) is 6.95. The Morgan fingerprint density at radius 1 is 1.04 bits per heavy atom. The second-order valence-electron chi connectivity index (χ2n) is 5.41. The number of halogens is 2. The second-order valence-corrected chi connectivity index (χ2v) is 6.21. The van der Waals surface area contributed by atoms with E-state index in [-0.39, 0.29) is 46.0 Å². The van der Waals surface area contributed by atoms with Crippen LogP contribution in [0.1, 0.15) is 22.7 Å². The molecule has 0 amide bonds. The zero-order valence-corrected chi connectivity index (χ0v) is 15.4. The van der Waals surface area contributed by atoms with Crippen LogP contribution in [0.4, 0.5) is 0 Å². The number of benzene rings is 2. The number of hydrogen-bond donors (Lipinski definition) is 5.